The van der Waals surface area contributed by atoms with E-state index in [1.54, 1.807) is 0 Å². The number of aromatic nitrogens is 2. The molecule has 0 aliphatic carbocycles. The van der Waals surface area contributed by atoms with E-state index in [1.807, 2.05) is 0 Å². The van der Waals surface area contributed by atoms with Gasteiger partial charge in [0, 0.05) is 12.0 Å². The van der Waals surface area contributed by atoms with Gasteiger partial charge in [0.1, 0.15) is 0 Å². The second-order valence-corrected chi connectivity index (χ2v) is 6.78. The number of rotatable bonds is 5. The third-order valence-electron chi connectivity index (χ3n) is 3.92. The summed E-state index contributed by atoms with van der Waals surface area (Å²) in [5.74, 6) is 2.33. The van der Waals surface area contributed by atoms with E-state index in [1.165, 1.54) is 12.8 Å². The number of nitrogens with zero attached hydrogens (tertiary/aromatic N) is 3. The minimum absolute atomic E-state index is 0.0478. The van der Waals surface area contributed by atoms with E-state index in [0.717, 1.165) is 50.4 Å². The molecule has 0 radical (unpaired) electrons. The molecule has 1 aliphatic rings. The Morgan fingerprint density at radius 1 is 1.30 bits per heavy atom. The van der Waals surface area contributed by atoms with Crippen LogP contribution in [0, 0.1) is 5.92 Å². The summed E-state index contributed by atoms with van der Waals surface area (Å²) >= 11 is 0. The highest BCUT2D eigenvalue weighted by atomic mass is 16.5. The third-order valence-corrected chi connectivity index (χ3v) is 3.92. The molecule has 0 atom stereocenters. The molecule has 20 heavy (non-hydrogen) atoms. The van der Waals surface area contributed by atoms with E-state index in [-0.39, 0.29) is 5.41 Å². The van der Waals surface area contributed by atoms with E-state index >= 15 is 0 Å². The normalized spacial score (nSPS) is 17.9. The van der Waals surface area contributed by atoms with Crippen LogP contribution in [-0.2, 0) is 12.0 Å². The summed E-state index contributed by atoms with van der Waals surface area (Å²) in [5.41, 5.74) is -0.0478. The zero-order chi connectivity index (χ0) is 14.6. The molecule has 0 aromatic carbocycles. The van der Waals surface area contributed by atoms with Crippen molar-refractivity contribution in [1.29, 1.82) is 0 Å². The molecular formula is C15H28N4O. The van der Waals surface area contributed by atoms with Crippen LogP contribution in [0.2, 0.25) is 0 Å². The van der Waals surface area contributed by atoms with Gasteiger partial charge in [-0.05, 0) is 38.4 Å². The maximum absolute atomic E-state index is 5.40. The van der Waals surface area contributed by atoms with Crippen molar-refractivity contribution in [3.05, 3.63) is 11.7 Å². The largest absolute Gasteiger partial charge is 0.338 e. The summed E-state index contributed by atoms with van der Waals surface area (Å²) in [7, 11) is 0. The van der Waals surface area contributed by atoms with Gasteiger partial charge in [0.25, 0.3) is 0 Å². The maximum atomic E-state index is 5.40. The predicted octanol–water partition coefficient (Wildman–Crippen LogP) is 2.19. The highest BCUT2D eigenvalue weighted by molar-refractivity contribution is 4.99. The monoisotopic (exact) mass is 280 g/mol. The Balaban J connectivity index is 1.90. The van der Waals surface area contributed by atoms with E-state index in [9.17, 15) is 0 Å². The summed E-state index contributed by atoms with van der Waals surface area (Å²) in [5, 5.41) is 7.52. The molecule has 2 heterocycles. The Kier molecular flexibility index (Phi) is 5.16. The van der Waals surface area contributed by atoms with Crippen LogP contribution >= 0.6 is 0 Å². The summed E-state index contributed by atoms with van der Waals surface area (Å²) in [6, 6.07) is 0. The Morgan fingerprint density at radius 2 is 2.00 bits per heavy atom. The number of hydrogen-bond acceptors (Lipinski definition) is 5. The minimum Gasteiger partial charge on any atom is -0.338 e. The molecule has 0 spiro atoms. The van der Waals surface area contributed by atoms with E-state index in [4.69, 9.17) is 4.52 Å². The van der Waals surface area contributed by atoms with E-state index < -0.39 is 0 Å². The minimum atomic E-state index is -0.0478. The Hall–Kier alpha value is -0.940. The van der Waals surface area contributed by atoms with E-state index in [0.29, 0.717) is 0 Å². The molecule has 0 saturated carbocycles. The standard InChI is InChI=1S/C15H28N4O/c1-5-19(10-12-6-8-16-9-7-12)11-13-17-14(18-20-13)15(2,3)4/h12,16H,5-11H2,1-4H3. The second kappa shape index (κ2) is 6.68. The zero-order valence-corrected chi connectivity index (χ0v) is 13.3. The van der Waals surface area contributed by atoms with Crippen LogP contribution in [0.15, 0.2) is 4.52 Å². The highest BCUT2D eigenvalue weighted by Gasteiger charge is 2.22. The number of nitrogens with one attached hydrogen (secondary N) is 1. The lowest BCUT2D eigenvalue weighted by molar-refractivity contribution is 0.185. The molecule has 5 nitrogen and oxygen atoms in total. The lowest BCUT2D eigenvalue weighted by Gasteiger charge is -2.28. The van der Waals surface area contributed by atoms with Crippen LogP contribution in [0.25, 0.3) is 0 Å². The SMILES string of the molecule is CCN(Cc1nc(C(C)(C)C)no1)CC1CCNCC1. The summed E-state index contributed by atoms with van der Waals surface area (Å²) < 4.78 is 5.40. The van der Waals surface area contributed by atoms with Crippen molar-refractivity contribution in [2.24, 2.45) is 5.92 Å². The molecule has 0 amide bonds. The van der Waals surface area contributed by atoms with Crippen molar-refractivity contribution in [3.63, 3.8) is 0 Å². The average Bonchev–Trinajstić information content (AvgIpc) is 2.87. The lowest BCUT2D eigenvalue weighted by Crippen LogP contribution is -2.36. The van der Waals surface area contributed by atoms with Gasteiger partial charge in [-0.15, -0.1) is 0 Å². The van der Waals surface area contributed by atoms with Crippen molar-refractivity contribution in [2.75, 3.05) is 26.2 Å². The van der Waals surface area contributed by atoms with Gasteiger partial charge in [-0.3, -0.25) is 4.90 Å². The van der Waals surface area contributed by atoms with Gasteiger partial charge < -0.3 is 9.84 Å². The fourth-order valence-corrected chi connectivity index (χ4v) is 2.55. The zero-order valence-electron chi connectivity index (χ0n) is 13.3. The van der Waals surface area contributed by atoms with Gasteiger partial charge in [-0.25, -0.2) is 0 Å². The van der Waals surface area contributed by atoms with Crippen molar-refractivity contribution in [1.82, 2.24) is 20.4 Å². The van der Waals surface area contributed by atoms with Gasteiger partial charge in [0.15, 0.2) is 5.82 Å². The fraction of sp³-hybridized carbons (Fsp3) is 0.867. The smallest absolute Gasteiger partial charge is 0.240 e. The summed E-state index contributed by atoms with van der Waals surface area (Å²) in [4.78, 5) is 6.94. The Morgan fingerprint density at radius 3 is 2.55 bits per heavy atom. The fourth-order valence-electron chi connectivity index (χ4n) is 2.55. The third kappa shape index (κ3) is 4.28. The van der Waals surface area contributed by atoms with Gasteiger partial charge in [0.05, 0.1) is 6.54 Å². The maximum Gasteiger partial charge on any atom is 0.240 e. The van der Waals surface area contributed by atoms with Crippen molar-refractivity contribution in [3.8, 4) is 0 Å². The molecule has 5 heteroatoms. The molecule has 1 N–H and O–H groups in total. The first kappa shape index (κ1) is 15.4. The van der Waals surface area contributed by atoms with Crippen LogP contribution in [0.1, 0.15) is 52.3 Å². The highest BCUT2D eigenvalue weighted by Crippen LogP contribution is 2.19. The van der Waals surface area contributed by atoms with Crippen LogP contribution in [-0.4, -0.2) is 41.2 Å². The average molecular weight is 280 g/mol. The van der Waals surface area contributed by atoms with E-state index in [2.05, 4.69) is 48.1 Å². The first-order chi connectivity index (χ1) is 9.49. The Labute approximate surface area is 122 Å². The number of hydrogen-bond donors (Lipinski definition) is 1. The first-order valence-corrected chi connectivity index (χ1v) is 7.75. The lowest BCUT2D eigenvalue weighted by atomic mass is 9.96. The molecule has 1 aromatic heterocycles. The van der Waals surface area contributed by atoms with Crippen molar-refractivity contribution < 1.29 is 4.52 Å². The molecule has 2 rings (SSSR count). The predicted molar refractivity (Wildman–Crippen MR) is 79.5 cm³/mol. The summed E-state index contributed by atoms with van der Waals surface area (Å²) in [6.45, 7) is 13.7. The first-order valence-electron chi connectivity index (χ1n) is 7.75. The topological polar surface area (TPSA) is 54.2 Å². The van der Waals surface area contributed by atoms with Crippen LogP contribution < -0.4 is 5.32 Å². The molecule has 0 unspecified atom stereocenters. The summed E-state index contributed by atoms with van der Waals surface area (Å²) in [6.07, 6.45) is 2.54. The molecule has 1 fully saturated rings. The van der Waals surface area contributed by atoms with Gasteiger partial charge in [0.2, 0.25) is 5.89 Å². The van der Waals surface area contributed by atoms with Gasteiger partial charge in [-0.1, -0.05) is 32.9 Å². The van der Waals surface area contributed by atoms with Crippen molar-refractivity contribution in [2.45, 2.75) is 52.5 Å². The Bertz CT molecular complexity index is 404. The van der Waals surface area contributed by atoms with Gasteiger partial charge >= 0.3 is 0 Å². The van der Waals surface area contributed by atoms with Crippen LogP contribution in [0.5, 0.6) is 0 Å². The molecule has 0 bridgehead atoms. The molecule has 1 saturated heterocycles. The molecule has 1 aromatic rings. The quantitative estimate of drug-likeness (QED) is 0.896. The van der Waals surface area contributed by atoms with Crippen LogP contribution in [0.4, 0.5) is 0 Å². The van der Waals surface area contributed by atoms with Crippen molar-refractivity contribution >= 4 is 0 Å². The molecule has 114 valence electrons. The van der Waals surface area contributed by atoms with Gasteiger partial charge in [-0.2, -0.15) is 4.98 Å². The van der Waals surface area contributed by atoms with Crippen LogP contribution in [0.3, 0.4) is 0 Å². The molecular weight excluding hydrogens is 252 g/mol. The molecule has 1 aliphatic heterocycles. The number of piperidine rings is 1. The second-order valence-electron chi connectivity index (χ2n) is 6.78.